The normalized spacial score (nSPS) is 12.8. The maximum Gasteiger partial charge on any atom is 0.429 e. The number of nitrogens with one attached hydrogen (secondary N) is 2. The van der Waals surface area contributed by atoms with Crippen LogP contribution >= 0.6 is 0 Å². The van der Waals surface area contributed by atoms with Crippen LogP contribution in [0.4, 0.5) is 19.0 Å². The van der Waals surface area contributed by atoms with Crippen molar-refractivity contribution in [1.29, 1.82) is 5.26 Å². The van der Waals surface area contributed by atoms with Gasteiger partial charge >= 0.3 is 6.18 Å². The molecule has 32 heavy (non-hydrogen) atoms. The number of alkyl halides is 3. The highest BCUT2D eigenvalue weighted by molar-refractivity contribution is 7.90. The summed E-state index contributed by atoms with van der Waals surface area (Å²) in [5, 5.41) is 8.88. The van der Waals surface area contributed by atoms with Gasteiger partial charge in [0.1, 0.15) is 0 Å². The summed E-state index contributed by atoms with van der Waals surface area (Å²) < 4.78 is 75.6. The van der Waals surface area contributed by atoms with Crippen LogP contribution in [0, 0.1) is 11.3 Å². The highest BCUT2D eigenvalue weighted by Crippen LogP contribution is 2.38. The van der Waals surface area contributed by atoms with Gasteiger partial charge in [0, 0.05) is 12.1 Å². The molecular formula is C20H18F3N5O3S. The molecule has 0 aliphatic heterocycles. The summed E-state index contributed by atoms with van der Waals surface area (Å²) in [5.74, 6) is -1.13. The summed E-state index contributed by atoms with van der Waals surface area (Å²) in [5.41, 5.74) is 0.364. The van der Waals surface area contributed by atoms with Crippen molar-refractivity contribution in [3.8, 4) is 11.9 Å². The molecular weight excluding hydrogens is 447 g/mol. The van der Waals surface area contributed by atoms with E-state index in [-0.39, 0.29) is 28.7 Å². The van der Waals surface area contributed by atoms with Crippen molar-refractivity contribution in [3.05, 3.63) is 59.7 Å². The van der Waals surface area contributed by atoms with E-state index in [0.29, 0.717) is 6.42 Å². The second-order valence-corrected chi connectivity index (χ2v) is 8.14. The summed E-state index contributed by atoms with van der Waals surface area (Å²) in [7, 11) is -4.13. The molecule has 0 bridgehead atoms. The molecule has 1 aromatic heterocycles. The predicted octanol–water partition coefficient (Wildman–Crippen LogP) is 3.84. The van der Waals surface area contributed by atoms with E-state index >= 15 is 0 Å². The van der Waals surface area contributed by atoms with Crippen molar-refractivity contribution in [3.63, 3.8) is 0 Å². The first-order chi connectivity index (χ1) is 15.1. The van der Waals surface area contributed by atoms with Crippen LogP contribution in [-0.2, 0) is 10.2 Å². The number of benzene rings is 2. The Morgan fingerprint density at radius 3 is 2.28 bits per heavy atom. The number of halogens is 3. The fourth-order valence-electron chi connectivity index (χ4n) is 2.70. The van der Waals surface area contributed by atoms with Gasteiger partial charge in [-0.3, -0.25) is 4.72 Å². The van der Waals surface area contributed by atoms with Gasteiger partial charge in [0.15, 0.2) is 0 Å². The van der Waals surface area contributed by atoms with E-state index in [1.807, 2.05) is 6.07 Å². The number of nitrogens with zero attached hydrogens (tertiary/aromatic N) is 3. The first-order valence-electron chi connectivity index (χ1n) is 9.40. The molecule has 12 heteroatoms. The van der Waals surface area contributed by atoms with Crippen LogP contribution in [0.1, 0.15) is 30.6 Å². The number of hydrogen-bond acceptors (Lipinski definition) is 6. The highest BCUT2D eigenvalue weighted by Gasteiger charge is 2.44. The number of fused-ring (bicyclic) bond motifs is 1. The van der Waals surface area contributed by atoms with Gasteiger partial charge in [-0.2, -0.15) is 31.6 Å². The van der Waals surface area contributed by atoms with Gasteiger partial charge in [-0.25, -0.2) is 9.97 Å². The Hall–Kier alpha value is -3.43. The average Bonchev–Trinajstić information content (AvgIpc) is 2.75. The molecule has 0 fully saturated rings. The number of nitriles is 1. The lowest BCUT2D eigenvalue weighted by molar-refractivity contribution is -0.198. The third kappa shape index (κ3) is 5.63. The van der Waals surface area contributed by atoms with Crippen LogP contribution in [0.15, 0.2) is 48.5 Å². The van der Waals surface area contributed by atoms with Crippen molar-refractivity contribution in [1.82, 2.24) is 14.7 Å². The monoisotopic (exact) mass is 465 g/mol. The molecule has 1 heterocycles. The zero-order chi connectivity index (χ0) is 23.4. The Balaban J connectivity index is 2.06. The number of para-hydroxylation sites is 2. The van der Waals surface area contributed by atoms with Crippen LogP contribution < -0.4 is 14.2 Å². The second kappa shape index (κ2) is 9.37. The van der Waals surface area contributed by atoms with E-state index in [1.54, 1.807) is 19.1 Å². The lowest BCUT2D eigenvalue weighted by atomic mass is 10.1. The SMILES string of the molecule is CCCNS(=O)(=O)Nc1nc2ccccc2nc1O[C@@H](c1ccc(C#N)cc1)C(F)(F)F. The maximum atomic E-state index is 13.8. The zero-order valence-corrected chi connectivity index (χ0v) is 17.5. The smallest absolute Gasteiger partial charge is 0.429 e. The molecule has 8 nitrogen and oxygen atoms in total. The number of ether oxygens (including phenoxy) is 1. The molecule has 0 unspecified atom stereocenters. The summed E-state index contributed by atoms with van der Waals surface area (Å²) in [6, 6.07) is 12.8. The number of hydrogen-bond donors (Lipinski definition) is 2. The lowest BCUT2D eigenvalue weighted by Crippen LogP contribution is -2.32. The van der Waals surface area contributed by atoms with E-state index in [2.05, 4.69) is 19.4 Å². The van der Waals surface area contributed by atoms with E-state index in [4.69, 9.17) is 10.00 Å². The summed E-state index contributed by atoms with van der Waals surface area (Å²) in [6.45, 7) is 1.86. The van der Waals surface area contributed by atoms with Crippen LogP contribution in [-0.4, -0.2) is 31.1 Å². The molecule has 168 valence electrons. The lowest BCUT2D eigenvalue weighted by Gasteiger charge is -2.23. The van der Waals surface area contributed by atoms with E-state index in [0.717, 1.165) is 12.1 Å². The van der Waals surface area contributed by atoms with Gasteiger partial charge in [0.05, 0.1) is 22.7 Å². The van der Waals surface area contributed by atoms with Gasteiger partial charge in [-0.1, -0.05) is 31.2 Å². The average molecular weight is 465 g/mol. The number of rotatable bonds is 8. The van der Waals surface area contributed by atoms with E-state index in [1.165, 1.54) is 24.3 Å². The molecule has 3 rings (SSSR count). The highest BCUT2D eigenvalue weighted by atomic mass is 32.2. The van der Waals surface area contributed by atoms with Gasteiger partial charge in [-0.05, 0) is 30.7 Å². The van der Waals surface area contributed by atoms with Gasteiger partial charge in [0.2, 0.25) is 11.9 Å². The van der Waals surface area contributed by atoms with E-state index in [9.17, 15) is 21.6 Å². The summed E-state index contributed by atoms with van der Waals surface area (Å²) in [6.07, 6.45) is -6.84. The van der Waals surface area contributed by atoms with Crippen LogP contribution in [0.25, 0.3) is 11.0 Å². The Bertz CT molecular complexity index is 1240. The summed E-state index contributed by atoms with van der Waals surface area (Å²) >= 11 is 0. The van der Waals surface area contributed by atoms with Crippen molar-refractivity contribution >= 4 is 27.1 Å². The molecule has 2 N–H and O–H groups in total. The predicted molar refractivity (Wildman–Crippen MR) is 111 cm³/mol. The second-order valence-electron chi connectivity index (χ2n) is 6.64. The molecule has 1 atom stereocenters. The minimum atomic E-state index is -4.86. The quantitative estimate of drug-likeness (QED) is 0.522. The van der Waals surface area contributed by atoms with Gasteiger partial charge in [-0.15, -0.1) is 0 Å². The number of anilines is 1. The minimum Gasteiger partial charge on any atom is -0.457 e. The fourth-order valence-corrected chi connectivity index (χ4v) is 3.63. The standard InChI is InChI=1S/C20H18F3N5O3S/c1-2-11-25-32(29,30)28-18-19(27-16-6-4-3-5-15(16)26-18)31-17(20(21,22)23)14-9-7-13(12-24)8-10-14/h3-10,17,25H,2,11H2,1H3,(H,26,28)/t17-/m0/s1. The first kappa shape index (κ1) is 23.2. The largest absolute Gasteiger partial charge is 0.457 e. The third-order valence-corrected chi connectivity index (χ3v) is 5.23. The fraction of sp³-hybridized carbons (Fsp3) is 0.250. The Kier molecular flexibility index (Phi) is 6.81. The first-order valence-corrected chi connectivity index (χ1v) is 10.9. The third-order valence-electron chi connectivity index (χ3n) is 4.18. The minimum absolute atomic E-state index is 0.114. The molecule has 0 saturated heterocycles. The molecule has 0 saturated carbocycles. The van der Waals surface area contributed by atoms with Gasteiger partial charge in [0.25, 0.3) is 16.1 Å². The van der Waals surface area contributed by atoms with Crippen LogP contribution in [0.5, 0.6) is 5.88 Å². The maximum absolute atomic E-state index is 13.8. The Morgan fingerprint density at radius 1 is 1.09 bits per heavy atom. The van der Waals surface area contributed by atoms with Crippen molar-refractivity contribution < 1.29 is 26.3 Å². The molecule has 3 aromatic rings. The Morgan fingerprint density at radius 2 is 1.72 bits per heavy atom. The van der Waals surface area contributed by atoms with E-state index < -0.39 is 34.2 Å². The molecule has 0 amide bonds. The van der Waals surface area contributed by atoms with Gasteiger partial charge < -0.3 is 4.74 Å². The molecule has 0 aliphatic rings. The van der Waals surface area contributed by atoms with Crippen molar-refractivity contribution in [2.24, 2.45) is 0 Å². The summed E-state index contributed by atoms with van der Waals surface area (Å²) in [4.78, 5) is 8.16. The van der Waals surface area contributed by atoms with Crippen LogP contribution in [0.3, 0.4) is 0 Å². The Labute approximate surface area is 182 Å². The number of aromatic nitrogens is 2. The van der Waals surface area contributed by atoms with Crippen molar-refractivity contribution in [2.75, 3.05) is 11.3 Å². The molecule has 2 aromatic carbocycles. The molecule has 0 aliphatic carbocycles. The zero-order valence-electron chi connectivity index (χ0n) is 16.7. The topological polar surface area (TPSA) is 117 Å². The molecule has 0 spiro atoms. The molecule has 0 radical (unpaired) electrons. The van der Waals surface area contributed by atoms with Crippen molar-refractivity contribution in [2.45, 2.75) is 25.6 Å². The van der Waals surface area contributed by atoms with Crippen LogP contribution in [0.2, 0.25) is 0 Å².